The van der Waals surface area contributed by atoms with E-state index in [0.717, 1.165) is 35.9 Å². The third-order valence-corrected chi connectivity index (χ3v) is 5.40. The van der Waals surface area contributed by atoms with E-state index < -0.39 is 5.41 Å². The zero-order valence-electron chi connectivity index (χ0n) is 12.1. The van der Waals surface area contributed by atoms with Gasteiger partial charge in [-0.15, -0.1) is 0 Å². The summed E-state index contributed by atoms with van der Waals surface area (Å²) in [5, 5.41) is 3.69. The number of carbonyl (C=O) groups excluding carboxylic acids is 1. The molecule has 1 amide bonds. The fourth-order valence-corrected chi connectivity index (χ4v) is 3.95. The summed E-state index contributed by atoms with van der Waals surface area (Å²) in [6.07, 6.45) is 6.36. The standard InChI is InChI=1S/C16H21N3OS/c17-11-16(9-5-1-2-6-10-16)14(20)19-15-18-12-7-3-4-8-13(12)21-15/h3-4,7-8H,1-2,5-6,9-11,17H2,(H,18,19,20). The average Bonchev–Trinajstić information content (AvgIpc) is 2.74. The van der Waals surface area contributed by atoms with E-state index in [-0.39, 0.29) is 5.91 Å². The van der Waals surface area contributed by atoms with Gasteiger partial charge in [0.1, 0.15) is 0 Å². The minimum absolute atomic E-state index is 0.0472. The molecule has 1 aromatic heterocycles. The Morgan fingerprint density at radius 3 is 2.62 bits per heavy atom. The van der Waals surface area contributed by atoms with Gasteiger partial charge in [-0.05, 0) is 25.0 Å². The number of para-hydroxylation sites is 1. The lowest BCUT2D eigenvalue weighted by molar-refractivity contribution is -0.125. The van der Waals surface area contributed by atoms with E-state index in [4.69, 9.17) is 5.73 Å². The molecule has 4 nitrogen and oxygen atoms in total. The predicted molar refractivity (Wildman–Crippen MR) is 87.4 cm³/mol. The van der Waals surface area contributed by atoms with Crippen molar-refractivity contribution in [2.45, 2.75) is 38.5 Å². The summed E-state index contributed by atoms with van der Waals surface area (Å²) < 4.78 is 1.09. The minimum Gasteiger partial charge on any atom is -0.329 e. The summed E-state index contributed by atoms with van der Waals surface area (Å²) in [4.78, 5) is 17.2. The molecular weight excluding hydrogens is 282 g/mol. The topological polar surface area (TPSA) is 68.0 Å². The molecule has 0 spiro atoms. The molecule has 0 saturated heterocycles. The van der Waals surface area contributed by atoms with Gasteiger partial charge in [0, 0.05) is 6.54 Å². The molecule has 1 saturated carbocycles. The van der Waals surface area contributed by atoms with Crippen LogP contribution in [0.25, 0.3) is 10.2 Å². The molecule has 1 aliphatic rings. The number of aromatic nitrogens is 1. The summed E-state index contributed by atoms with van der Waals surface area (Å²) in [7, 11) is 0. The van der Waals surface area contributed by atoms with Crippen LogP contribution in [0, 0.1) is 5.41 Å². The molecule has 0 aliphatic heterocycles. The van der Waals surface area contributed by atoms with Gasteiger partial charge in [0.25, 0.3) is 0 Å². The Morgan fingerprint density at radius 2 is 1.95 bits per heavy atom. The number of carbonyl (C=O) groups is 1. The number of hydrogen-bond acceptors (Lipinski definition) is 4. The molecule has 112 valence electrons. The van der Waals surface area contributed by atoms with Crippen LogP contribution in [0.4, 0.5) is 5.13 Å². The van der Waals surface area contributed by atoms with Crippen LogP contribution in [0.1, 0.15) is 38.5 Å². The first-order chi connectivity index (χ1) is 10.2. The Labute approximate surface area is 128 Å². The van der Waals surface area contributed by atoms with E-state index >= 15 is 0 Å². The molecule has 0 unspecified atom stereocenters. The molecule has 1 heterocycles. The molecule has 1 aliphatic carbocycles. The van der Waals surface area contributed by atoms with E-state index in [2.05, 4.69) is 10.3 Å². The van der Waals surface area contributed by atoms with Crippen molar-refractivity contribution in [3.63, 3.8) is 0 Å². The highest BCUT2D eigenvalue weighted by molar-refractivity contribution is 7.22. The molecule has 2 aromatic rings. The number of benzene rings is 1. The smallest absolute Gasteiger partial charge is 0.233 e. The van der Waals surface area contributed by atoms with Crippen molar-refractivity contribution in [1.29, 1.82) is 0 Å². The van der Waals surface area contributed by atoms with Crippen LogP contribution in [0.2, 0.25) is 0 Å². The Bertz CT molecular complexity index is 596. The van der Waals surface area contributed by atoms with Crippen molar-refractivity contribution < 1.29 is 4.79 Å². The second kappa shape index (κ2) is 6.12. The van der Waals surface area contributed by atoms with Gasteiger partial charge in [-0.3, -0.25) is 4.79 Å². The van der Waals surface area contributed by atoms with Crippen LogP contribution in [-0.4, -0.2) is 17.4 Å². The largest absolute Gasteiger partial charge is 0.329 e. The molecule has 21 heavy (non-hydrogen) atoms. The van der Waals surface area contributed by atoms with Gasteiger partial charge >= 0.3 is 0 Å². The summed E-state index contributed by atoms with van der Waals surface area (Å²) in [5.74, 6) is 0.0472. The van der Waals surface area contributed by atoms with E-state index in [9.17, 15) is 4.79 Å². The molecule has 1 aromatic carbocycles. The molecule has 0 atom stereocenters. The van der Waals surface area contributed by atoms with Gasteiger partial charge in [-0.25, -0.2) is 4.98 Å². The predicted octanol–water partition coefficient (Wildman–Crippen LogP) is 3.53. The second-order valence-corrected chi connectivity index (χ2v) is 6.87. The molecule has 0 bridgehead atoms. The summed E-state index contributed by atoms with van der Waals surface area (Å²) in [6, 6.07) is 7.93. The zero-order chi connectivity index (χ0) is 14.7. The number of hydrogen-bond donors (Lipinski definition) is 2. The van der Waals surface area contributed by atoms with Crippen molar-refractivity contribution in [1.82, 2.24) is 4.98 Å². The van der Waals surface area contributed by atoms with Gasteiger partial charge in [0.05, 0.1) is 15.6 Å². The highest BCUT2D eigenvalue weighted by Crippen LogP contribution is 2.36. The maximum Gasteiger partial charge on any atom is 0.233 e. The number of nitrogens with two attached hydrogens (primary N) is 1. The van der Waals surface area contributed by atoms with Gasteiger partial charge in [0.15, 0.2) is 5.13 Å². The summed E-state index contributed by atoms with van der Waals surface area (Å²) in [6.45, 7) is 0.420. The van der Waals surface area contributed by atoms with Crippen LogP contribution >= 0.6 is 11.3 Å². The lowest BCUT2D eigenvalue weighted by Gasteiger charge is -2.29. The van der Waals surface area contributed by atoms with Crippen molar-refractivity contribution in [2.24, 2.45) is 11.1 Å². The SMILES string of the molecule is NCC1(C(=O)Nc2nc3ccccc3s2)CCCCCC1. The molecule has 3 N–H and O–H groups in total. The minimum atomic E-state index is -0.408. The lowest BCUT2D eigenvalue weighted by Crippen LogP contribution is -2.42. The third kappa shape index (κ3) is 2.94. The molecule has 5 heteroatoms. The van der Waals surface area contributed by atoms with Gasteiger partial charge in [-0.1, -0.05) is 49.2 Å². The van der Waals surface area contributed by atoms with Gasteiger partial charge in [-0.2, -0.15) is 0 Å². The Hall–Kier alpha value is -1.46. The number of rotatable bonds is 3. The first kappa shape index (κ1) is 14.5. The normalized spacial score (nSPS) is 18.3. The van der Waals surface area contributed by atoms with Gasteiger partial charge < -0.3 is 11.1 Å². The maximum atomic E-state index is 12.7. The van der Waals surface area contributed by atoms with Crippen LogP contribution in [0.3, 0.4) is 0 Å². The highest BCUT2D eigenvalue weighted by atomic mass is 32.1. The molecular formula is C16H21N3OS. The van der Waals surface area contributed by atoms with E-state index in [1.807, 2.05) is 24.3 Å². The fraction of sp³-hybridized carbons (Fsp3) is 0.500. The second-order valence-electron chi connectivity index (χ2n) is 5.84. The Balaban J connectivity index is 1.80. The van der Waals surface area contributed by atoms with Crippen molar-refractivity contribution in [3.05, 3.63) is 24.3 Å². The van der Waals surface area contributed by atoms with Crippen LogP contribution in [-0.2, 0) is 4.79 Å². The number of thiazole rings is 1. The Kier molecular flexibility index (Phi) is 4.22. The molecule has 3 rings (SSSR count). The number of amides is 1. The quantitative estimate of drug-likeness (QED) is 0.852. The first-order valence-electron chi connectivity index (χ1n) is 7.61. The van der Waals surface area contributed by atoms with E-state index in [1.165, 1.54) is 24.2 Å². The summed E-state index contributed by atoms with van der Waals surface area (Å²) in [5.41, 5.74) is 6.48. The van der Waals surface area contributed by atoms with Crippen molar-refractivity contribution in [3.8, 4) is 0 Å². The van der Waals surface area contributed by atoms with Crippen molar-refractivity contribution >= 4 is 32.6 Å². The zero-order valence-corrected chi connectivity index (χ0v) is 12.9. The molecule has 1 fully saturated rings. The third-order valence-electron chi connectivity index (χ3n) is 4.45. The Morgan fingerprint density at radius 1 is 1.24 bits per heavy atom. The van der Waals surface area contributed by atoms with Gasteiger partial charge in [0.2, 0.25) is 5.91 Å². The molecule has 0 radical (unpaired) electrons. The monoisotopic (exact) mass is 303 g/mol. The van der Waals surface area contributed by atoms with Crippen LogP contribution < -0.4 is 11.1 Å². The lowest BCUT2D eigenvalue weighted by atomic mass is 9.79. The highest BCUT2D eigenvalue weighted by Gasteiger charge is 2.37. The fourth-order valence-electron chi connectivity index (χ4n) is 3.08. The number of fused-ring (bicyclic) bond motifs is 1. The average molecular weight is 303 g/mol. The van der Waals surface area contributed by atoms with Crippen LogP contribution in [0.5, 0.6) is 0 Å². The maximum absolute atomic E-state index is 12.7. The number of nitrogens with zero attached hydrogens (tertiary/aromatic N) is 1. The number of anilines is 1. The summed E-state index contributed by atoms with van der Waals surface area (Å²) >= 11 is 1.52. The number of nitrogens with one attached hydrogen (secondary N) is 1. The van der Waals surface area contributed by atoms with Crippen LogP contribution in [0.15, 0.2) is 24.3 Å². The van der Waals surface area contributed by atoms with E-state index in [0.29, 0.717) is 11.7 Å². The van der Waals surface area contributed by atoms with Crippen molar-refractivity contribution in [2.75, 3.05) is 11.9 Å². The first-order valence-corrected chi connectivity index (χ1v) is 8.42. The van der Waals surface area contributed by atoms with E-state index in [1.54, 1.807) is 0 Å².